The van der Waals surface area contributed by atoms with E-state index in [-0.39, 0.29) is 43.2 Å². The molecule has 3 heterocycles. The number of cyclic esters (lactones) is 1. The molecule has 7 aliphatic rings. The fraction of sp³-hybridized carbons (Fsp3) is 0.886. The fourth-order valence-electron chi connectivity index (χ4n) is 11.3. The van der Waals surface area contributed by atoms with Crippen LogP contribution in [0.5, 0.6) is 0 Å². The molecule has 0 spiro atoms. The van der Waals surface area contributed by atoms with E-state index in [1.54, 1.807) is 13.0 Å². The van der Waals surface area contributed by atoms with Crippen molar-refractivity contribution >= 4 is 12.3 Å². The summed E-state index contributed by atoms with van der Waals surface area (Å²) in [6, 6.07) is 0. The van der Waals surface area contributed by atoms with Crippen LogP contribution in [0.1, 0.15) is 71.6 Å². The molecule has 8 N–H and O–H groups in total. The molecular formula is C35H52O15. The van der Waals surface area contributed by atoms with E-state index in [4.69, 9.17) is 23.7 Å². The number of aliphatic hydroxyl groups is 8. The van der Waals surface area contributed by atoms with Crippen LogP contribution in [0.25, 0.3) is 0 Å². The molecule has 0 radical (unpaired) electrons. The van der Waals surface area contributed by atoms with Gasteiger partial charge in [-0.15, -0.1) is 0 Å². The summed E-state index contributed by atoms with van der Waals surface area (Å²) in [6.45, 7) is 3.22. The van der Waals surface area contributed by atoms with Crippen LogP contribution in [0.3, 0.4) is 0 Å². The third-order valence-corrected chi connectivity index (χ3v) is 14.1. The maximum Gasteiger partial charge on any atom is 0.331 e. The summed E-state index contributed by atoms with van der Waals surface area (Å²) in [4.78, 5) is 25.1. The zero-order chi connectivity index (χ0) is 36.0. The van der Waals surface area contributed by atoms with Gasteiger partial charge in [0.15, 0.2) is 12.6 Å². The van der Waals surface area contributed by atoms with Crippen LogP contribution in [0.4, 0.5) is 0 Å². The Hall–Kier alpha value is -1.60. The first kappa shape index (κ1) is 36.7. The molecule has 0 unspecified atom stereocenters. The van der Waals surface area contributed by atoms with Crippen molar-refractivity contribution in [3.8, 4) is 0 Å². The lowest BCUT2D eigenvalue weighted by Gasteiger charge is -2.65. The maximum absolute atomic E-state index is 13.2. The molecule has 2 saturated heterocycles. The highest BCUT2D eigenvalue weighted by molar-refractivity contribution is 5.85. The molecule has 0 aromatic rings. The molecule has 7 rings (SSSR count). The van der Waals surface area contributed by atoms with E-state index in [2.05, 4.69) is 6.92 Å². The van der Waals surface area contributed by atoms with Gasteiger partial charge in [0.2, 0.25) is 0 Å². The number of aldehydes is 1. The summed E-state index contributed by atoms with van der Waals surface area (Å²) in [5.74, 6) is -0.830. The number of aliphatic hydroxyl groups excluding tert-OH is 6. The number of rotatable bonds is 7. The minimum atomic E-state index is -1.71. The van der Waals surface area contributed by atoms with Crippen molar-refractivity contribution in [1.29, 1.82) is 0 Å². The number of fused-ring (bicyclic) bond motifs is 5. The highest BCUT2D eigenvalue weighted by Crippen LogP contribution is 2.70. The summed E-state index contributed by atoms with van der Waals surface area (Å²) < 4.78 is 28.4. The van der Waals surface area contributed by atoms with Crippen LogP contribution in [0, 0.1) is 28.6 Å². The molecule has 282 valence electrons. The second kappa shape index (κ2) is 13.1. The smallest absolute Gasteiger partial charge is 0.331 e. The van der Waals surface area contributed by atoms with Crippen molar-refractivity contribution in [2.75, 3.05) is 13.2 Å². The minimum Gasteiger partial charge on any atom is -0.458 e. The number of ether oxygens (including phenoxy) is 5. The van der Waals surface area contributed by atoms with Crippen molar-refractivity contribution in [1.82, 2.24) is 0 Å². The Balaban J connectivity index is 1.02. The highest BCUT2D eigenvalue weighted by Gasteiger charge is 2.71. The largest absolute Gasteiger partial charge is 0.458 e. The Morgan fingerprint density at radius 1 is 0.860 bits per heavy atom. The average molecular weight is 713 g/mol. The SMILES string of the molecule is C[C@H]1O[C@@H](O[C@H]2CC[C@]3(C=O)[C@H]4CC[C@]5(C)[C@@H](C6=CC(=O)OC6)CC[C@]5(O)[C@@H]4CC[C@]3(O)C2)[C@H](O)[C@H](O)[C@@H]1O[C@@H]1O[C@H](CO)[C@@H](O)[C@@H](O)[C@H]1O. The maximum atomic E-state index is 13.2. The molecule has 3 aliphatic heterocycles. The number of esters is 1. The zero-order valence-corrected chi connectivity index (χ0v) is 28.5. The molecular weight excluding hydrogens is 660 g/mol. The Labute approximate surface area is 290 Å². The van der Waals surface area contributed by atoms with E-state index in [0.29, 0.717) is 38.5 Å². The van der Waals surface area contributed by atoms with Gasteiger partial charge >= 0.3 is 5.97 Å². The van der Waals surface area contributed by atoms with E-state index in [1.165, 1.54) is 0 Å². The van der Waals surface area contributed by atoms with Crippen LogP contribution in [-0.2, 0) is 33.3 Å². The average Bonchev–Trinajstić information content (AvgIpc) is 3.64. The van der Waals surface area contributed by atoms with Gasteiger partial charge in [-0.25, -0.2) is 4.79 Å². The normalized spacial score (nSPS) is 55.0. The molecule has 0 amide bonds. The number of carbonyl (C=O) groups is 2. The second-order valence-electron chi connectivity index (χ2n) is 16.2. The van der Waals surface area contributed by atoms with Crippen LogP contribution in [-0.4, -0.2) is 145 Å². The lowest BCUT2D eigenvalue weighted by molar-refractivity contribution is -0.361. The topological polar surface area (TPSA) is 242 Å². The third kappa shape index (κ3) is 5.37. The summed E-state index contributed by atoms with van der Waals surface area (Å²) in [5.41, 5.74) is -3.20. The summed E-state index contributed by atoms with van der Waals surface area (Å²) in [5, 5.41) is 87.0. The van der Waals surface area contributed by atoms with E-state index in [0.717, 1.165) is 18.3 Å². The Kier molecular flexibility index (Phi) is 9.60. The predicted molar refractivity (Wildman–Crippen MR) is 167 cm³/mol. The van der Waals surface area contributed by atoms with E-state index in [1.807, 2.05) is 0 Å². The van der Waals surface area contributed by atoms with Crippen LogP contribution < -0.4 is 0 Å². The van der Waals surface area contributed by atoms with Crippen molar-refractivity contribution in [2.45, 2.75) is 150 Å². The lowest BCUT2D eigenvalue weighted by atomic mass is 9.41. The Morgan fingerprint density at radius 3 is 2.24 bits per heavy atom. The fourth-order valence-corrected chi connectivity index (χ4v) is 11.3. The van der Waals surface area contributed by atoms with E-state index in [9.17, 15) is 50.4 Å². The predicted octanol–water partition coefficient (Wildman–Crippen LogP) is -1.43. The molecule has 50 heavy (non-hydrogen) atoms. The van der Waals surface area contributed by atoms with Gasteiger partial charge < -0.3 is 69.3 Å². The first-order valence-corrected chi connectivity index (χ1v) is 18.0. The standard InChI is InChI=1S/C35H52O15/c1-16-29(50-31-27(42)25(40)24(39)22(13-36)49-31)26(41)28(43)30(47-16)48-18-3-8-33(15-37)20-4-7-32(2)19(17-11-23(38)46-14-17)6-10-35(32,45)21(20)5-9-34(33,44)12-18/h11,15-16,18-22,24-31,36,39-45H,3-10,12-14H2,1-2H3/t16-,18+,19-,20+,21-,22-,24-,25-,26+,27-,28-,29-,30+,31+,32-,33+,34+,35+/m1/s1. The summed E-state index contributed by atoms with van der Waals surface area (Å²) in [6.07, 6.45) is -8.63. The molecule has 0 bridgehead atoms. The Bertz CT molecular complexity index is 1340. The molecule has 18 atom stereocenters. The van der Waals surface area contributed by atoms with Gasteiger partial charge in [-0.2, -0.15) is 0 Å². The molecule has 4 aliphatic carbocycles. The molecule has 6 fully saturated rings. The molecule has 15 nitrogen and oxygen atoms in total. The second-order valence-corrected chi connectivity index (χ2v) is 16.2. The molecule has 0 aromatic carbocycles. The number of hydrogen-bond acceptors (Lipinski definition) is 15. The van der Waals surface area contributed by atoms with Gasteiger partial charge in [0.25, 0.3) is 0 Å². The molecule has 0 aromatic heterocycles. The highest BCUT2D eigenvalue weighted by atomic mass is 16.7. The van der Waals surface area contributed by atoms with Crippen molar-refractivity contribution in [3.63, 3.8) is 0 Å². The quantitative estimate of drug-likeness (QED) is 0.0858. The Morgan fingerprint density at radius 2 is 1.56 bits per heavy atom. The van der Waals surface area contributed by atoms with Gasteiger partial charge in [-0.3, -0.25) is 0 Å². The number of hydrogen-bond donors (Lipinski definition) is 8. The first-order chi connectivity index (χ1) is 23.6. The van der Waals surface area contributed by atoms with Crippen LogP contribution in [0.15, 0.2) is 11.6 Å². The molecule has 4 saturated carbocycles. The van der Waals surface area contributed by atoms with Gasteiger partial charge in [-0.05, 0) is 81.6 Å². The van der Waals surface area contributed by atoms with E-state index >= 15 is 0 Å². The third-order valence-electron chi connectivity index (χ3n) is 14.1. The van der Waals surface area contributed by atoms with E-state index < -0.39 is 96.2 Å². The van der Waals surface area contributed by atoms with Gasteiger partial charge in [-0.1, -0.05) is 6.92 Å². The van der Waals surface area contributed by atoms with Crippen LogP contribution >= 0.6 is 0 Å². The van der Waals surface area contributed by atoms with Gasteiger partial charge in [0, 0.05) is 17.9 Å². The van der Waals surface area contributed by atoms with Crippen molar-refractivity contribution < 1.29 is 74.1 Å². The van der Waals surface area contributed by atoms with Crippen LogP contribution in [0.2, 0.25) is 0 Å². The van der Waals surface area contributed by atoms with Crippen molar-refractivity contribution in [2.24, 2.45) is 28.6 Å². The molecule has 15 heteroatoms. The summed E-state index contributed by atoms with van der Waals surface area (Å²) in [7, 11) is 0. The first-order valence-electron chi connectivity index (χ1n) is 18.0. The lowest BCUT2D eigenvalue weighted by Crippen LogP contribution is -2.69. The van der Waals surface area contributed by atoms with Crippen molar-refractivity contribution in [3.05, 3.63) is 11.6 Å². The zero-order valence-electron chi connectivity index (χ0n) is 28.5. The van der Waals surface area contributed by atoms with Gasteiger partial charge in [0.05, 0.1) is 35.4 Å². The number of carbonyl (C=O) groups excluding carboxylic acids is 2. The minimum absolute atomic E-state index is 0.00102. The van der Waals surface area contributed by atoms with Gasteiger partial charge in [0.1, 0.15) is 55.6 Å². The summed E-state index contributed by atoms with van der Waals surface area (Å²) >= 11 is 0. The monoisotopic (exact) mass is 712 g/mol.